The summed E-state index contributed by atoms with van der Waals surface area (Å²) in [6.07, 6.45) is 3.81. The summed E-state index contributed by atoms with van der Waals surface area (Å²) in [5.41, 5.74) is 2.89. The van der Waals surface area contributed by atoms with Crippen molar-refractivity contribution in [2.75, 3.05) is 19.6 Å². The van der Waals surface area contributed by atoms with Crippen LogP contribution in [0.5, 0.6) is 0 Å². The first-order valence-corrected chi connectivity index (χ1v) is 8.54. The molecule has 1 fully saturated rings. The second-order valence-electron chi connectivity index (χ2n) is 7.54. The number of imidazole rings is 1. The molecule has 1 saturated heterocycles. The monoisotopic (exact) mass is 290 g/mol. The van der Waals surface area contributed by atoms with E-state index in [0.717, 1.165) is 26.1 Å². The standard InChI is InChI=1S/C17H30N4/c1-5-20-10-6-7-13(20)12-21-15-8-9-18-11-14(15)19-16(21)17(2,3)4/h13,18H,5-12H2,1-4H3. The quantitative estimate of drug-likeness (QED) is 0.927. The third-order valence-electron chi connectivity index (χ3n) is 4.96. The molecule has 2 aliphatic rings. The second-order valence-corrected chi connectivity index (χ2v) is 7.54. The van der Waals surface area contributed by atoms with Crippen molar-refractivity contribution in [3.63, 3.8) is 0 Å². The normalized spacial score (nSPS) is 23.5. The van der Waals surface area contributed by atoms with Crippen LogP contribution in [0.1, 0.15) is 57.7 Å². The van der Waals surface area contributed by atoms with Gasteiger partial charge in [0.2, 0.25) is 0 Å². The van der Waals surface area contributed by atoms with Crippen LogP contribution in [0.3, 0.4) is 0 Å². The van der Waals surface area contributed by atoms with Gasteiger partial charge in [-0.3, -0.25) is 4.90 Å². The summed E-state index contributed by atoms with van der Waals surface area (Å²) in [5.74, 6) is 1.28. The molecule has 1 aromatic heterocycles. The molecule has 0 aliphatic carbocycles. The van der Waals surface area contributed by atoms with Gasteiger partial charge in [-0.25, -0.2) is 4.98 Å². The Kier molecular flexibility index (Phi) is 4.10. The van der Waals surface area contributed by atoms with Crippen molar-refractivity contribution < 1.29 is 0 Å². The van der Waals surface area contributed by atoms with E-state index in [1.165, 1.54) is 43.1 Å². The Morgan fingerprint density at radius 1 is 1.33 bits per heavy atom. The number of aromatic nitrogens is 2. The average Bonchev–Trinajstić information content (AvgIpc) is 3.03. The van der Waals surface area contributed by atoms with Gasteiger partial charge >= 0.3 is 0 Å². The molecule has 118 valence electrons. The minimum atomic E-state index is 0.118. The predicted octanol–water partition coefficient (Wildman–Crippen LogP) is 2.31. The second kappa shape index (κ2) is 5.73. The van der Waals surface area contributed by atoms with Crippen LogP contribution in [0.4, 0.5) is 0 Å². The van der Waals surface area contributed by atoms with Crippen LogP contribution in [0.25, 0.3) is 0 Å². The molecule has 1 aromatic rings. The molecular formula is C17H30N4. The summed E-state index contributed by atoms with van der Waals surface area (Å²) in [7, 11) is 0. The molecule has 21 heavy (non-hydrogen) atoms. The van der Waals surface area contributed by atoms with Crippen LogP contribution >= 0.6 is 0 Å². The van der Waals surface area contributed by atoms with E-state index in [9.17, 15) is 0 Å². The van der Waals surface area contributed by atoms with Gasteiger partial charge in [-0.15, -0.1) is 0 Å². The summed E-state index contributed by atoms with van der Waals surface area (Å²) in [5, 5.41) is 3.46. The van der Waals surface area contributed by atoms with Crippen LogP contribution in [0.15, 0.2) is 0 Å². The number of hydrogen-bond acceptors (Lipinski definition) is 3. The first-order valence-electron chi connectivity index (χ1n) is 8.54. The van der Waals surface area contributed by atoms with Gasteiger partial charge < -0.3 is 9.88 Å². The fourth-order valence-corrected chi connectivity index (χ4v) is 3.87. The lowest BCUT2D eigenvalue weighted by Gasteiger charge is -2.28. The Hall–Kier alpha value is -0.870. The highest BCUT2D eigenvalue weighted by atomic mass is 15.2. The summed E-state index contributed by atoms with van der Waals surface area (Å²) < 4.78 is 2.56. The van der Waals surface area contributed by atoms with Crippen molar-refractivity contribution in [1.29, 1.82) is 0 Å². The Bertz CT molecular complexity index is 498. The molecule has 0 aromatic carbocycles. The fraction of sp³-hybridized carbons (Fsp3) is 0.824. The van der Waals surface area contributed by atoms with E-state index in [2.05, 4.69) is 42.5 Å². The van der Waals surface area contributed by atoms with Gasteiger partial charge in [-0.1, -0.05) is 27.7 Å². The largest absolute Gasteiger partial charge is 0.330 e. The molecule has 3 rings (SSSR count). The van der Waals surface area contributed by atoms with E-state index >= 15 is 0 Å². The zero-order valence-corrected chi connectivity index (χ0v) is 14.1. The van der Waals surface area contributed by atoms with Crippen molar-refractivity contribution in [3.8, 4) is 0 Å². The predicted molar refractivity (Wildman–Crippen MR) is 86.6 cm³/mol. The third kappa shape index (κ3) is 2.88. The molecule has 0 radical (unpaired) electrons. The van der Waals surface area contributed by atoms with Crippen LogP contribution in [-0.4, -0.2) is 40.1 Å². The maximum atomic E-state index is 5.00. The highest BCUT2D eigenvalue weighted by Gasteiger charge is 2.30. The van der Waals surface area contributed by atoms with Crippen LogP contribution in [0.2, 0.25) is 0 Å². The van der Waals surface area contributed by atoms with E-state index in [-0.39, 0.29) is 5.41 Å². The SMILES string of the molecule is CCN1CCCC1Cn1c(C(C)(C)C)nc2c1CCNC2. The van der Waals surface area contributed by atoms with Crippen molar-refractivity contribution in [2.24, 2.45) is 0 Å². The lowest BCUT2D eigenvalue weighted by atomic mass is 9.95. The maximum Gasteiger partial charge on any atom is 0.114 e. The summed E-state index contributed by atoms with van der Waals surface area (Å²) in [6, 6.07) is 0.698. The van der Waals surface area contributed by atoms with Crippen molar-refractivity contribution in [2.45, 2.75) is 71.5 Å². The van der Waals surface area contributed by atoms with E-state index in [1.807, 2.05) is 0 Å². The molecular weight excluding hydrogens is 260 g/mol. The number of nitrogens with zero attached hydrogens (tertiary/aromatic N) is 3. The first-order chi connectivity index (χ1) is 10.0. The number of likely N-dealkylation sites (tertiary alicyclic amines) is 1. The number of rotatable bonds is 3. The van der Waals surface area contributed by atoms with Crippen molar-refractivity contribution in [3.05, 3.63) is 17.2 Å². The fourth-order valence-electron chi connectivity index (χ4n) is 3.87. The first kappa shape index (κ1) is 15.0. The Balaban J connectivity index is 1.94. The van der Waals surface area contributed by atoms with Gasteiger partial charge in [-0.2, -0.15) is 0 Å². The van der Waals surface area contributed by atoms with Crippen LogP contribution in [0, 0.1) is 0 Å². The third-order valence-corrected chi connectivity index (χ3v) is 4.96. The summed E-state index contributed by atoms with van der Waals surface area (Å²) in [6.45, 7) is 14.8. The van der Waals surface area contributed by atoms with E-state index in [4.69, 9.17) is 4.98 Å². The molecule has 1 unspecified atom stereocenters. The number of fused-ring (bicyclic) bond motifs is 1. The van der Waals surface area contributed by atoms with Gasteiger partial charge in [0.1, 0.15) is 5.82 Å². The van der Waals surface area contributed by atoms with E-state index in [0.29, 0.717) is 6.04 Å². The molecule has 1 N–H and O–H groups in total. The molecule has 4 heteroatoms. The molecule has 0 amide bonds. The average molecular weight is 290 g/mol. The zero-order valence-electron chi connectivity index (χ0n) is 14.1. The lowest BCUT2D eigenvalue weighted by Crippen LogP contribution is -2.35. The minimum absolute atomic E-state index is 0.118. The molecule has 0 bridgehead atoms. The Morgan fingerprint density at radius 3 is 2.86 bits per heavy atom. The molecule has 0 saturated carbocycles. The number of nitrogens with one attached hydrogen (secondary N) is 1. The highest BCUT2D eigenvalue weighted by molar-refractivity contribution is 5.24. The topological polar surface area (TPSA) is 33.1 Å². The van der Waals surface area contributed by atoms with E-state index < -0.39 is 0 Å². The smallest absolute Gasteiger partial charge is 0.114 e. The van der Waals surface area contributed by atoms with E-state index in [1.54, 1.807) is 0 Å². The molecule has 0 spiro atoms. The highest BCUT2D eigenvalue weighted by Crippen LogP contribution is 2.28. The molecule has 4 nitrogen and oxygen atoms in total. The zero-order chi connectivity index (χ0) is 15.0. The van der Waals surface area contributed by atoms with Gasteiger partial charge in [0.25, 0.3) is 0 Å². The molecule has 3 heterocycles. The summed E-state index contributed by atoms with van der Waals surface area (Å²) in [4.78, 5) is 7.64. The van der Waals surface area contributed by atoms with Gasteiger partial charge in [0.15, 0.2) is 0 Å². The van der Waals surface area contributed by atoms with Crippen LogP contribution < -0.4 is 5.32 Å². The van der Waals surface area contributed by atoms with Crippen molar-refractivity contribution >= 4 is 0 Å². The molecule has 1 atom stereocenters. The Morgan fingerprint density at radius 2 is 2.14 bits per heavy atom. The number of hydrogen-bond donors (Lipinski definition) is 1. The number of likely N-dealkylation sites (N-methyl/N-ethyl adjacent to an activating group) is 1. The van der Waals surface area contributed by atoms with Crippen LogP contribution in [-0.2, 0) is 24.9 Å². The van der Waals surface area contributed by atoms with Gasteiger partial charge in [0.05, 0.1) is 5.69 Å². The lowest BCUT2D eigenvalue weighted by molar-refractivity contribution is 0.238. The van der Waals surface area contributed by atoms with Gasteiger partial charge in [0, 0.05) is 43.2 Å². The van der Waals surface area contributed by atoms with Crippen molar-refractivity contribution in [1.82, 2.24) is 19.8 Å². The Labute approximate surface area is 128 Å². The maximum absolute atomic E-state index is 5.00. The summed E-state index contributed by atoms with van der Waals surface area (Å²) >= 11 is 0. The van der Waals surface area contributed by atoms with Gasteiger partial charge in [-0.05, 0) is 25.9 Å². The molecule has 2 aliphatic heterocycles. The minimum Gasteiger partial charge on any atom is -0.330 e.